The zero-order valence-electron chi connectivity index (χ0n) is 13.8. The number of nitrogens with zero attached hydrogens (tertiary/aromatic N) is 2. The minimum absolute atomic E-state index is 0.361. The summed E-state index contributed by atoms with van der Waals surface area (Å²) in [7, 11) is 2.29. The first-order valence-electron chi connectivity index (χ1n) is 8.12. The molecule has 1 aliphatic rings. The standard InChI is InChI=1S/C16H35N3/c1-6-10-17-13-16(3,4)14-18(5)12-15-9-8-11-19(15)7-2/h15,17H,6-14H2,1-5H3. The molecule has 1 heterocycles. The maximum Gasteiger partial charge on any atom is 0.0223 e. The van der Waals surface area contributed by atoms with Crippen LogP contribution < -0.4 is 5.32 Å². The topological polar surface area (TPSA) is 18.5 Å². The summed E-state index contributed by atoms with van der Waals surface area (Å²) in [5.74, 6) is 0. The van der Waals surface area contributed by atoms with Crippen LogP contribution in [0.25, 0.3) is 0 Å². The van der Waals surface area contributed by atoms with Crippen LogP contribution in [0.4, 0.5) is 0 Å². The lowest BCUT2D eigenvalue weighted by molar-refractivity contribution is 0.154. The Morgan fingerprint density at radius 1 is 1.32 bits per heavy atom. The smallest absolute Gasteiger partial charge is 0.0223 e. The SMILES string of the molecule is CCCNCC(C)(C)CN(C)CC1CCCN1CC. The monoisotopic (exact) mass is 269 g/mol. The van der Waals surface area contributed by atoms with Crippen molar-refractivity contribution in [2.45, 2.75) is 53.0 Å². The molecule has 1 rings (SSSR count). The fraction of sp³-hybridized carbons (Fsp3) is 1.00. The second kappa shape index (κ2) is 8.23. The first kappa shape index (κ1) is 16.9. The molecule has 1 aliphatic heterocycles. The highest BCUT2D eigenvalue weighted by Crippen LogP contribution is 2.20. The fourth-order valence-electron chi connectivity index (χ4n) is 3.33. The Kier molecular flexibility index (Phi) is 7.33. The molecule has 114 valence electrons. The Labute approximate surface area is 120 Å². The Morgan fingerprint density at radius 2 is 2.05 bits per heavy atom. The van der Waals surface area contributed by atoms with E-state index in [1.165, 1.54) is 45.4 Å². The number of hydrogen-bond donors (Lipinski definition) is 1. The molecule has 0 aromatic heterocycles. The number of likely N-dealkylation sites (tertiary alicyclic amines) is 1. The summed E-state index contributed by atoms with van der Waals surface area (Å²) in [4.78, 5) is 5.17. The fourth-order valence-corrected chi connectivity index (χ4v) is 3.33. The van der Waals surface area contributed by atoms with Gasteiger partial charge in [-0.25, -0.2) is 0 Å². The highest BCUT2D eigenvalue weighted by molar-refractivity contribution is 4.83. The van der Waals surface area contributed by atoms with Crippen molar-refractivity contribution in [1.29, 1.82) is 0 Å². The van der Waals surface area contributed by atoms with Crippen LogP contribution in [-0.4, -0.2) is 62.2 Å². The van der Waals surface area contributed by atoms with E-state index in [2.05, 4.69) is 49.9 Å². The minimum Gasteiger partial charge on any atom is -0.316 e. The summed E-state index contributed by atoms with van der Waals surface area (Å²) in [6, 6.07) is 0.786. The molecule has 1 atom stereocenters. The van der Waals surface area contributed by atoms with Gasteiger partial charge in [-0.2, -0.15) is 0 Å². The van der Waals surface area contributed by atoms with Gasteiger partial charge in [0.25, 0.3) is 0 Å². The molecule has 0 bridgehead atoms. The lowest BCUT2D eigenvalue weighted by Gasteiger charge is -2.34. The van der Waals surface area contributed by atoms with E-state index >= 15 is 0 Å². The number of rotatable bonds is 9. The van der Waals surface area contributed by atoms with Gasteiger partial charge in [-0.05, 0) is 51.4 Å². The van der Waals surface area contributed by atoms with E-state index in [9.17, 15) is 0 Å². The molecule has 0 saturated carbocycles. The molecule has 19 heavy (non-hydrogen) atoms. The van der Waals surface area contributed by atoms with Crippen LogP contribution in [0, 0.1) is 5.41 Å². The van der Waals surface area contributed by atoms with Crippen molar-refractivity contribution in [2.75, 3.05) is 46.3 Å². The van der Waals surface area contributed by atoms with Crippen molar-refractivity contribution in [3.63, 3.8) is 0 Å². The third-order valence-electron chi connectivity index (χ3n) is 4.16. The normalized spacial score (nSPS) is 21.5. The Bertz CT molecular complexity index is 240. The lowest BCUT2D eigenvalue weighted by Crippen LogP contribution is -2.44. The van der Waals surface area contributed by atoms with Gasteiger partial charge in [0.1, 0.15) is 0 Å². The van der Waals surface area contributed by atoms with Gasteiger partial charge in [-0.15, -0.1) is 0 Å². The lowest BCUT2D eigenvalue weighted by atomic mass is 9.92. The van der Waals surface area contributed by atoms with E-state index in [4.69, 9.17) is 0 Å². The van der Waals surface area contributed by atoms with E-state index in [1.807, 2.05) is 0 Å². The van der Waals surface area contributed by atoms with Crippen molar-refractivity contribution in [2.24, 2.45) is 5.41 Å². The van der Waals surface area contributed by atoms with Gasteiger partial charge in [-0.1, -0.05) is 27.7 Å². The number of likely N-dealkylation sites (N-methyl/N-ethyl adjacent to an activating group) is 2. The van der Waals surface area contributed by atoms with E-state index in [0.717, 1.165) is 19.1 Å². The van der Waals surface area contributed by atoms with E-state index < -0.39 is 0 Å². The summed E-state index contributed by atoms with van der Waals surface area (Å²) in [6.45, 7) is 16.4. The van der Waals surface area contributed by atoms with Gasteiger partial charge < -0.3 is 10.2 Å². The highest BCUT2D eigenvalue weighted by Gasteiger charge is 2.26. The number of nitrogens with one attached hydrogen (secondary N) is 1. The molecule has 1 unspecified atom stereocenters. The van der Waals surface area contributed by atoms with E-state index in [1.54, 1.807) is 0 Å². The summed E-state index contributed by atoms with van der Waals surface area (Å²) in [5.41, 5.74) is 0.361. The van der Waals surface area contributed by atoms with Crippen LogP contribution >= 0.6 is 0 Å². The maximum atomic E-state index is 3.56. The van der Waals surface area contributed by atoms with Crippen molar-refractivity contribution >= 4 is 0 Å². The largest absolute Gasteiger partial charge is 0.316 e. The van der Waals surface area contributed by atoms with Gasteiger partial charge in [-0.3, -0.25) is 4.90 Å². The summed E-state index contributed by atoms with van der Waals surface area (Å²) < 4.78 is 0. The van der Waals surface area contributed by atoms with Crippen LogP contribution in [0.1, 0.15) is 47.0 Å². The highest BCUT2D eigenvalue weighted by atomic mass is 15.2. The molecule has 0 radical (unpaired) electrons. The molecule has 0 aliphatic carbocycles. The predicted molar refractivity (Wildman–Crippen MR) is 84.7 cm³/mol. The summed E-state index contributed by atoms with van der Waals surface area (Å²) >= 11 is 0. The first-order chi connectivity index (χ1) is 8.98. The second-order valence-corrected chi connectivity index (χ2v) is 6.96. The summed E-state index contributed by atoms with van der Waals surface area (Å²) in [5, 5.41) is 3.56. The third-order valence-corrected chi connectivity index (χ3v) is 4.16. The number of hydrogen-bond acceptors (Lipinski definition) is 3. The quantitative estimate of drug-likeness (QED) is 0.649. The van der Waals surface area contributed by atoms with Gasteiger partial charge in [0.05, 0.1) is 0 Å². The van der Waals surface area contributed by atoms with Crippen molar-refractivity contribution in [3.8, 4) is 0 Å². The summed E-state index contributed by atoms with van der Waals surface area (Å²) in [6.07, 6.45) is 3.99. The Hall–Kier alpha value is -0.120. The zero-order valence-corrected chi connectivity index (χ0v) is 13.8. The van der Waals surface area contributed by atoms with Crippen molar-refractivity contribution < 1.29 is 0 Å². The van der Waals surface area contributed by atoms with Gasteiger partial charge in [0.15, 0.2) is 0 Å². The van der Waals surface area contributed by atoms with Crippen molar-refractivity contribution in [1.82, 2.24) is 15.1 Å². The van der Waals surface area contributed by atoms with Crippen LogP contribution in [0.3, 0.4) is 0 Å². The molecule has 1 saturated heterocycles. The van der Waals surface area contributed by atoms with Gasteiger partial charge in [0.2, 0.25) is 0 Å². The average Bonchev–Trinajstić information content (AvgIpc) is 2.75. The minimum atomic E-state index is 0.361. The molecule has 0 spiro atoms. The molecular formula is C16H35N3. The van der Waals surface area contributed by atoms with Gasteiger partial charge in [0, 0.05) is 25.7 Å². The molecule has 0 aromatic rings. The van der Waals surface area contributed by atoms with Crippen LogP contribution in [0.15, 0.2) is 0 Å². The third kappa shape index (κ3) is 6.24. The van der Waals surface area contributed by atoms with E-state index in [0.29, 0.717) is 5.41 Å². The van der Waals surface area contributed by atoms with Crippen LogP contribution in [0.5, 0.6) is 0 Å². The molecule has 1 N–H and O–H groups in total. The molecular weight excluding hydrogens is 234 g/mol. The van der Waals surface area contributed by atoms with Crippen LogP contribution in [0.2, 0.25) is 0 Å². The average molecular weight is 269 g/mol. The first-order valence-corrected chi connectivity index (χ1v) is 8.12. The van der Waals surface area contributed by atoms with Gasteiger partial charge >= 0.3 is 0 Å². The molecule has 3 nitrogen and oxygen atoms in total. The maximum absolute atomic E-state index is 3.56. The molecule has 3 heteroatoms. The van der Waals surface area contributed by atoms with E-state index in [-0.39, 0.29) is 0 Å². The van der Waals surface area contributed by atoms with Crippen LogP contribution in [-0.2, 0) is 0 Å². The molecule has 0 amide bonds. The second-order valence-electron chi connectivity index (χ2n) is 6.96. The Morgan fingerprint density at radius 3 is 2.68 bits per heavy atom. The van der Waals surface area contributed by atoms with Crippen molar-refractivity contribution in [3.05, 3.63) is 0 Å². The zero-order chi connectivity index (χ0) is 14.3. The molecule has 0 aromatic carbocycles. The predicted octanol–water partition coefficient (Wildman–Crippen LogP) is 2.43. The molecule has 1 fully saturated rings. The Balaban J connectivity index is 2.30.